The Hall–Kier alpha value is -1.99. The van der Waals surface area contributed by atoms with Crippen LogP contribution in [0.4, 0.5) is 20.2 Å². The molecule has 0 aliphatic heterocycles. The van der Waals surface area contributed by atoms with Gasteiger partial charge in [-0.3, -0.25) is 4.98 Å². The Morgan fingerprint density at radius 1 is 1.35 bits per heavy atom. The second-order valence-corrected chi connectivity index (χ2v) is 7.03. The number of aliphatic hydroxyl groups is 1. The zero-order chi connectivity index (χ0) is 18.7. The van der Waals surface area contributed by atoms with Gasteiger partial charge >= 0.3 is 0 Å². The number of anilines is 2. The highest BCUT2D eigenvalue weighted by Gasteiger charge is 2.45. The molecule has 2 aromatic heterocycles. The first-order valence-electron chi connectivity index (χ1n) is 8.50. The van der Waals surface area contributed by atoms with Crippen molar-refractivity contribution in [2.75, 3.05) is 17.2 Å². The van der Waals surface area contributed by atoms with Gasteiger partial charge < -0.3 is 15.7 Å². The summed E-state index contributed by atoms with van der Waals surface area (Å²) in [5.74, 6) is -2.56. The molecule has 140 valence electrons. The number of nitrogens with one attached hydrogen (secondary N) is 2. The van der Waals surface area contributed by atoms with Crippen molar-refractivity contribution in [3.05, 3.63) is 35.7 Å². The molecule has 1 aliphatic carbocycles. The van der Waals surface area contributed by atoms with Crippen LogP contribution in [0, 0.1) is 0 Å². The molecule has 1 fully saturated rings. The number of pyridine rings is 2. The van der Waals surface area contributed by atoms with Gasteiger partial charge in [-0.2, -0.15) is 0 Å². The molecular formula is C18H21ClF2N4O. The van der Waals surface area contributed by atoms with E-state index in [1.807, 2.05) is 13.0 Å². The number of hydrogen-bond acceptors (Lipinski definition) is 5. The molecule has 0 saturated heterocycles. The van der Waals surface area contributed by atoms with Crippen LogP contribution < -0.4 is 10.6 Å². The summed E-state index contributed by atoms with van der Waals surface area (Å²) in [6.07, 6.45) is 3.53. The van der Waals surface area contributed by atoms with Crippen LogP contribution in [0.3, 0.4) is 0 Å². The summed E-state index contributed by atoms with van der Waals surface area (Å²) in [4.78, 5) is 8.50. The molecule has 3 rings (SSSR count). The van der Waals surface area contributed by atoms with Gasteiger partial charge in [0.2, 0.25) is 0 Å². The molecular weight excluding hydrogens is 362 g/mol. The minimum atomic E-state index is -2.56. The maximum atomic E-state index is 13.0. The summed E-state index contributed by atoms with van der Waals surface area (Å²) in [7, 11) is 0. The fourth-order valence-electron chi connectivity index (χ4n) is 2.95. The zero-order valence-corrected chi connectivity index (χ0v) is 15.1. The first-order chi connectivity index (χ1) is 12.4. The van der Waals surface area contributed by atoms with Crippen molar-refractivity contribution in [3.63, 3.8) is 0 Å². The van der Waals surface area contributed by atoms with Crippen LogP contribution in [0.15, 0.2) is 30.6 Å². The third-order valence-corrected chi connectivity index (χ3v) is 4.54. The normalized spacial score (nSPS) is 17.4. The third-order valence-electron chi connectivity index (χ3n) is 4.33. The van der Waals surface area contributed by atoms with Crippen molar-refractivity contribution in [1.82, 2.24) is 9.97 Å². The first kappa shape index (κ1) is 18.8. The molecule has 0 aromatic carbocycles. The van der Waals surface area contributed by atoms with Gasteiger partial charge in [0.15, 0.2) is 0 Å². The average Bonchev–Trinajstić information content (AvgIpc) is 2.54. The first-order valence-corrected chi connectivity index (χ1v) is 8.88. The smallest absolute Gasteiger partial charge is 0.252 e. The maximum Gasteiger partial charge on any atom is 0.252 e. The SMILES string of the molecule is C[C@@H](CCO)Nc1cc(Cl)ncc1-c1cc(NC2CC(F)(F)C2)ccn1. The third kappa shape index (κ3) is 4.59. The van der Waals surface area contributed by atoms with Gasteiger partial charge in [-0.15, -0.1) is 0 Å². The molecule has 0 amide bonds. The number of hydrogen-bond donors (Lipinski definition) is 3. The summed E-state index contributed by atoms with van der Waals surface area (Å²) < 4.78 is 26.0. The van der Waals surface area contributed by atoms with Crippen molar-refractivity contribution in [2.45, 2.75) is 44.2 Å². The van der Waals surface area contributed by atoms with Gasteiger partial charge in [0.05, 0.1) is 5.69 Å². The van der Waals surface area contributed by atoms with Crippen molar-refractivity contribution in [1.29, 1.82) is 0 Å². The number of rotatable bonds is 7. The number of aliphatic hydroxyl groups excluding tert-OH is 1. The van der Waals surface area contributed by atoms with Gasteiger partial charge in [0.1, 0.15) is 5.15 Å². The van der Waals surface area contributed by atoms with E-state index >= 15 is 0 Å². The maximum absolute atomic E-state index is 13.0. The van der Waals surface area contributed by atoms with Crippen LogP contribution in [0.5, 0.6) is 0 Å². The molecule has 0 radical (unpaired) electrons. The van der Waals surface area contributed by atoms with E-state index in [2.05, 4.69) is 20.6 Å². The second-order valence-electron chi connectivity index (χ2n) is 6.65. The van der Waals surface area contributed by atoms with E-state index in [0.29, 0.717) is 17.3 Å². The van der Waals surface area contributed by atoms with E-state index in [1.165, 1.54) is 0 Å². The predicted molar refractivity (Wildman–Crippen MR) is 98.9 cm³/mol. The Balaban J connectivity index is 1.81. The molecule has 1 aliphatic rings. The van der Waals surface area contributed by atoms with Crippen LogP contribution in [0.25, 0.3) is 11.3 Å². The highest BCUT2D eigenvalue weighted by atomic mass is 35.5. The highest BCUT2D eigenvalue weighted by molar-refractivity contribution is 6.29. The predicted octanol–water partition coefficient (Wildman–Crippen LogP) is 4.19. The lowest BCUT2D eigenvalue weighted by Crippen LogP contribution is -2.44. The van der Waals surface area contributed by atoms with Crippen LogP contribution in [0.2, 0.25) is 5.15 Å². The Kier molecular flexibility index (Phi) is 5.58. The van der Waals surface area contributed by atoms with Gasteiger partial charge in [0.25, 0.3) is 5.92 Å². The molecule has 8 heteroatoms. The van der Waals surface area contributed by atoms with Crippen molar-refractivity contribution < 1.29 is 13.9 Å². The Labute approximate surface area is 155 Å². The average molecular weight is 383 g/mol. The van der Waals surface area contributed by atoms with E-state index in [1.54, 1.807) is 24.5 Å². The summed E-state index contributed by atoms with van der Waals surface area (Å²) in [6, 6.07) is 5.08. The molecule has 2 aromatic rings. The fraction of sp³-hybridized carbons (Fsp3) is 0.444. The number of nitrogens with zero attached hydrogens (tertiary/aromatic N) is 2. The second kappa shape index (κ2) is 7.72. The lowest BCUT2D eigenvalue weighted by atomic mass is 9.88. The molecule has 26 heavy (non-hydrogen) atoms. The lowest BCUT2D eigenvalue weighted by molar-refractivity contribution is -0.0793. The molecule has 1 saturated carbocycles. The molecule has 2 heterocycles. The largest absolute Gasteiger partial charge is 0.396 e. The molecule has 1 atom stereocenters. The van der Waals surface area contributed by atoms with E-state index in [-0.39, 0.29) is 31.5 Å². The van der Waals surface area contributed by atoms with E-state index in [9.17, 15) is 8.78 Å². The van der Waals surface area contributed by atoms with Crippen molar-refractivity contribution >= 4 is 23.0 Å². The summed E-state index contributed by atoms with van der Waals surface area (Å²) in [6.45, 7) is 2.03. The number of alkyl halides is 2. The minimum absolute atomic E-state index is 0.0377. The number of halogens is 3. The number of aromatic nitrogens is 2. The van der Waals surface area contributed by atoms with Crippen molar-refractivity contribution in [3.8, 4) is 11.3 Å². The summed E-state index contributed by atoms with van der Waals surface area (Å²) in [5, 5.41) is 15.9. The highest BCUT2D eigenvalue weighted by Crippen LogP contribution is 2.39. The van der Waals surface area contributed by atoms with Crippen LogP contribution in [0.1, 0.15) is 26.2 Å². The quantitative estimate of drug-likeness (QED) is 0.626. The molecule has 5 nitrogen and oxygen atoms in total. The van der Waals surface area contributed by atoms with E-state index in [0.717, 1.165) is 16.9 Å². The van der Waals surface area contributed by atoms with Gasteiger partial charge in [-0.25, -0.2) is 13.8 Å². The van der Waals surface area contributed by atoms with Crippen LogP contribution in [-0.4, -0.2) is 39.7 Å². The monoisotopic (exact) mass is 382 g/mol. The molecule has 0 unspecified atom stereocenters. The van der Waals surface area contributed by atoms with Gasteiger partial charge in [-0.05, 0) is 31.5 Å². The van der Waals surface area contributed by atoms with Crippen LogP contribution >= 0.6 is 11.6 Å². The van der Waals surface area contributed by atoms with Gasteiger partial charge in [-0.1, -0.05) is 11.6 Å². The van der Waals surface area contributed by atoms with Gasteiger partial charge in [0, 0.05) is 60.9 Å². The summed E-state index contributed by atoms with van der Waals surface area (Å²) in [5.41, 5.74) is 2.90. The Morgan fingerprint density at radius 2 is 2.12 bits per heavy atom. The zero-order valence-electron chi connectivity index (χ0n) is 14.3. The van der Waals surface area contributed by atoms with Crippen LogP contribution in [-0.2, 0) is 0 Å². The van der Waals surface area contributed by atoms with Crippen molar-refractivity contribution in [2.24, 2.45) is 0 Å². The molecule has 3 N–H and O–H groups in total. The Morgan fingerprint density at radius 3 is 2.81 bits per heavy atom. The van der Waals surface area contributed by atoms with E-state index < -0.39 is 5.92 Å². The Bertz CT molecular complexity index is 767. The molecule has 0 bridgehead atoms. The molecule has 0 spiro atoms. The fourth-order valence-corrected chi connectivity index (χ4v) is 3.11. The summed E-state index contributed by atoms with van der Waals surface area (Å²) >= 11 is 6.01. The topological polar surface area (TPSA) is 70.1 Å². The minimum Gasteiger partial charge on any atom is -0.396 e. The lowest BCUT2D eigenvalue weighted by Gasteiger charge is -2.36. The van der Waals surface area contributed by atoms with E-state index in [4.69, 9.17) is 16.7 Å². The standard InChI is InChI=1S/C18H21ClF2N4O/c1-11(3-5-26)24-16-7-17(19)23-10-14(16)15-6-12(2-4-22-15)25-13-8-18(20,21)9-13/h2,4,6-7,10-11,13,26H,3,5,8-9H2,1H3,(H,22,25)(H,23,24)/t11-/m0/s1.